The number of rotatable bonds is 4. The van der Waals surface area contributed by atoms with Crippen LogP contribution in [-0.4, -0.2) is 17.1 Å². The van der Waals surface area contributed by atoms with Crippen LogP contribution in [0.5, 0.6) is 5.75 Å². The zero-order valence-electron chi connectivity index (χ0n) is 11.4. The lowest BCUT2D eigenvalue weighted by molar-refractivity contribution is 0.412. The van der Waals surface area contributed by atoms with Gasteiger partial charge in [0.2, 0.25) is 0 Å². The summed E-state index contributed by atoms with van der Waals surface area (Å²) in [6, 6.07) is 7.72. The van der Waals surface area contributed by atoms with Gasteiger partial charge in [0.05, 0.1) is 7.11 Å². The second-order valence-corrected chi connectivity index (χ2v) is 4.25. The molecule has 0 fully saturated rings. The van der Waals surface area contributed by atoms with Crippen LogP contribution < -0.4 is 16.0 Å². The van der Waals surface area contributed by atoms with Gasteiger partial charge in [-0.2, -0.15) is 0 Å². The summed E-state index contributed by atoms with van der Waals surface area (Å²) in [5.41, 5.74) is 5.52. The van der Waals surface area contributed by atoms with Crippen LogP contribution in [0.2, 0.25) is 0 Å². The standard InChI is InChI=1S/C14H18N4O/c1-4-11-8-13(18-15)17-14(16-11)10-5-6-12(19-3)9(2)7-10/h5-8H,4,15H2,1-3H3,(H,16,17,18). The predicted molar refractivity (Wildman–Crippen MR) is 75.9 cm³/mol. The summed E-state index contributed by atoms with van der Waals surface area (Å²) in [6.45, 7) is 4.04. The molecule has 0 saturated carbocycles. The molecule has 1 aromatic carbocycles. The van der Waals surface area contributed by atoms with E-state index in [1.54, 1.807) is 7.11 Å². The van der Waals surface area contributed by atoms with Gasteiger partial charge in [-0.15, -0.1) is 0 Å². The Morgan fingerprint density at radius 3 is 2.63 bits per heavy atom. The van der Waals surface area contributed by atoms with Crippen LogP contribution in [0.25, 0.3) is 11.4 Å². The molecule has 0 bridgehead atoms. The summed E-state index contributed by atoms with van der Waals surface area (Å²) in [4.78, 5) is 8.90. The van der Waals surface area contributed by atoms with Crippen molar-refractivity contribution in [2.75, 3.05) is 12.5 Å². The zero-order valence-corrected chi connectivity index (χ0v) is 11.4. The number of nitrogen functional groups attached to an aromatic ring is 1. The van der Waals surface area contributed by atoms with Gasteiger partial charge in [-0.05, 0) is 37.1 Å². The molecule has 2 rings (SSSR count). The third-order valence-corrected chi connectivity index (χ3v) is 2.94. The molecule has 0 aliphatic rings. The molecular formula is C14H18N4O. The van der Waals surface area contributed by atoms with Gasteiger partial charge in [0, 0.05) is 17.3 Å². The Morgan fingerprint density at radius 1 is 1.26 bits per heavy atom. The molecule has 1 aromatic heterocycles. The maximum Gasteiger partial charge on any atom is 0.161 e. The first kappa shape index (κ1) is 13.3. The third-order valence-electron chi connectivity index (χ3n) is 2.94. The average Bonchev–Trinajstić information content (AvgIpc) is 2.46. The van der Waals surface area contributed by atoms with Gasteiger partial charge in [-0.1, -0.05) is 6.92 Å². The van der Waals surface area contributed by atoms with Crippen molar-refractivity contribution >= 4 is 5.82 Å². The fraction of sp³-hybridized carbons (Fsp3) is 0.286. The number of benzene rings is 1. The Kier molecular flexibility index (Phi) is 3.97. The first-order valence-corrected chi connectivity index (χ1v) is 6.17. The Labute approximate surface area is 112 Å². The zero-order chi connectivity index (χ0) is 13.8. The highest BCUT2D eigenvalue weighted by molar-refractivity contribution is 5.60. The first-order chi connectivity index (χ1) is 9.17. The normalized spacial score (nSPS) is 10.3. The average molecular weight is 258 g/mol. The highest BCUT2D eigenvalue weighted by Crippen LogP contribution is 2.24. The topological polar surface area (TPSA) is 73.1 Å². The monoisotopic (exact) mass is 258 g/mol. The van der Waals surface area contributed by atoms with E-state index in [1.807, 2.05) is 38.1 Å². The van der Waals surface area contributed by atoms with Crippen LogP contribution in [0.4, 0.5) is 5.82 Å². The van der Waals surface area contributed by atoms with Crippen LogP contribution in [0.15, 0.2) is 24.3 Å². The molecule has 1 heterocycles. The largest absolute Gasteiger partial charge is 0.496 e. The number of methoxy groups -OCH3 is 1. The minimum Gasteiger partial charge on any atom is -0.496 e. The van der Waals surface area contributed by atoms with Crippen LogP contribution in [0, 0.1) is 6.92 Å². The molecule has 0 radical (unpaired) electrons. The molecule has 0 aliphatic carbocycles. The maximum absolute atomic E-state index is 5.44. The van der Waals surface area contributed by atoms with Crippen LogP contribution >= 0.6 is 0 Å². The minimum absolute atomic E-state index is 0.621. The Hall–Kier alpha value is -2.14. The number of nitrogens with two attached hydrogens (primary N) is 1. The molecule has 0 amide bonds. The molecule has 0 atom stereocenters. The van der Waals surface area contributed by atoms with E-state index in [9.17, 15) is 0 Å². The molecule has 19 heavy (non-hydrogen) atoms. The molecule has 0 saturated heterocycles. The van der Waals surface area contributed by atoms with E-state index in [0.717, 1.165) is 29.0 Å². The van der Waals surface area contributed by atoms with Gasteiger partial charge in [0.25, 0.3) is 0 Å². The van der Waals surface area contributed by atoms with E-state index in [0.29, 0.717) is 11.6 Å². The Balaban J connectivity index is 2.48. The van der Waals surface area contributed by atoms with Crippen LogP contribution in [-0.2, 0) is 6.42 Å². The van der Waals surface area contributed by atoms with Gasteiger partial charge < -0.3 is 10.2 Å². The van der Waals surface area contributed by atoms with Crippen molar-refractivity contribution in [2.24, 2.45) is 5.84 Å². The molecule has 0 unspecified atom stereocenters. The number of aryl methyl sites for hydroxylation is 2. The lowest BCUT2D eigenvalue weighted by Crippen LogP contribution is -2.10. The molecule has 5 heteroatoms. The summed E-state index contributed by atoms with van der Waals surface area (Å²) < 4.78 is 5.25. The summed E-state index contributed by atoms with van der Waals surface area (Å²) in [5.74, 6) is 7.58. The summed E-state index contributed by atoms with van der Waals surface area (Å²) in [7, 11) is 1.66. The van der Waals surface area contributed by atoms with Crippen LogP contribution in [0.1, 0.15) is 18.2 Å². The maximum atomic E-state index is 5.44. The van der Waals surface area contributed by atoms with E-state index in [-0.39, 0.29) is 0 Å². The van der Waals surface area contributed by atoms with Crippen molar-refractivity contribution in [1.29, 1.82) is 0 Å². The van der Waals surface area contributed by atoms with Gasteiger partial charge >= 0.3 is 0 Å². The third kappa shape index (κ3) is 2.82. The van der Waals surface area contributed by atoms with Gasteiger partial charge in [-0.25, -0.2) is 15.8 Å². The number of hydrogen-bond acceptors (Lipinski definition) is 5. The van der Waals surface area contributed by atoms with Crippen molar-refractivity contribution < 1.29 is 4.74 Å². The smallest absolute Gasteiger partial charge is 0.161 e. The summed E-state index contributed by atoms with van der Waals surface area (Å²) >= 11 is 0. The van der Waals surface area contributed by atoms with E-state index < -0.39 is 0 Å². The number of nitrogens with one attached hydrogen (secondary N) is 1. The molecule has 100 valence electrons. The van der Waals surface area contributed by atoms with Crippen molar-refractivity contribution in [2.45, 2.75) is 20.3 Å². The van der Waals surface area contributed by atoms with Crippen molar-refractivity contribution in [3.63, 3.8) is 0 Å². The van der Waals surface area contributed by atoms with Crippen molar-refractivity contribution in [3.8, 4) is 17.1 Å². The summed E-state index contributed by atoms with van der Waals surface area (Å²) in [6.07, 6.45) is 0.833. The molecule has 3 N–H and O–H groups in total. The lowest BCUT2D eigenvalue weighted by Gasteiger charge is -2.09. The minimum atomic E-state index is 0.621. The molecular weight excluding hydrogens is 240 g/mol. The second kappa shape index (κ2) is 5.67. The molecule has 2 aromatic rings. The van der Waals surface area contributed by atoms with Gasteiger partial charge in [0.15, 0.2) is 5.82 Å². The molecule has 0 aliphatic heterocycles. The molecule has 0 spiro atoms. The Morgan fingerprint density at radius 2 is 2.05 bits per heavy atom. The number of nitrogens with zero attached hydrogens (tertiary/aromatic N) is 2. The lowest BCUT2D eigenvalue weighted by atomic mass is 10.1. The quantitative estimate of drug-likeness (QED) is 0.650. The fourth-order valence-corrected chi connectivity index (χ4v) is 1.90. The van der Waals surface area contributed by atoms with Crippen molar-refractivity contribution in [1.82, 2.24) is 9.97 Å². The number of anilines is 1. The second-order valence-electron chi connectivity index (χ2n) is 4.25. The van der Waals surface area contributed by atoms with Crippen LogP contribution in [0.3, 0.4) is 0 Å². The van der Waals surface area contributed by atoms with Gasteiger partial charge in [-0.3, -0.25) is 0 Å². The first-order valence-electron chi connectivity index (χ1n) is 6.17. The highest BCUT2D eigenvalue weighted by atomic mass is 16.5. The number of hydrogen-bond donors (Lipinski definition) is 2. The highest BCUT2D eigenvalue weighted by Gasteiger charge is 2.07. The number of hydrazine groups is 1. The van der Waals surface area contributed by atoms with Crippen molar-refractivity contribution in [3.05, 3.63) is 35.5 Å². The van der Waals surface area contributed by atoms with E-state index in [4.69, 9.17) is 10.6 Å². The van der Waals surface area contributed by atoms with Gasteiger partial charge in [0.1, 0.15) is 11.6 Å². The molecule has 5 nitrogen and oxygen atoms in total. The van der Waals surface area contributed by atoms with E-state index in [2.05, 4.69) is 15.4 Å². The summed E-state index contributed by atoms with van der Waals surface area (Å²) in [5, 5.41) is 0. The SMILES string of the molecule is CCc1cc(NN)nc(-c2ccc(OC)c(C)c2)n1. The number of aromatic nitrogens is 2. The van der Waals surface area contributed by atoms with E-state index in [1.165, 1.54) is 0 Å². The predicted octanol–water partition coefficient (Wildman–Crippen LogP) is 2.31. The Bertz CT molecular complexity index is 561. The fourth-order valence-electron chi connectivity index (χ4n) is 1.90. The number of ether oxygens (including phenoxy) is 1. The van der Waals surface area contributed by atoms with E-state index >= 15 is 0 Å².